The Hall–Kier alpha value is -0.440. The van der Waals surface area contributed by atoms with Crippen LogP contribution in [0.2, 0.25) is 0 Å². The van der Waals surface area contributed by atoms with Gasteiger partial charge in [-0.25, -0.2) is 0 Å². The number of aromatic nitrogens is 2. The van der Waals surface area contributed by atoms with E-state index in [1.54, 1.807) is 0 Å². The van der Waals surface area contributed by atoms with Gasteiger partial charge in [0.05, 0.1) is 0 Å². The van der Waals surface area contributed by atoms with Gasteiger partial charge in [-0.3, -0.25) is 4.68 Å². The first-order valence-corrected chi connectivity index (χ1v) is 4.02. The van der Waals surface area contributed by atoms with Crippen LogP contribution < -0.4 is 0 Å². The van der Waals surface area contributed by atoms with Crippen molar-refractivity contribution in [3.63, 3.8) is 0 Å². The molecule has 0 saturated heterocycles. The molecule has 1 aromatic heterocycles. The van der Waals surface area contributed by atoms with Gasteiger partial charge in [-0.15, -0.1) is 0 Å². The second kappa shape index (κ2) is 3.10. The van der Waals surface area contributed by atoms with Crippen molar-refractivity contribution in [1.82, 2.24) is 9.78 Å². The highest BCUT2D eigenvalue weighted by Gasteiger charge is 2.02. The molecule has 56 valence electrons. The van der Waals surface area contributed by atoms with Crippen LogP contribution in [0.15, 0.2) is 12.3 Å². The Balaban J connectivity index is 2.90. The molecule has 0 aliphatic heterocycles. The van der Waals surface area contributed by atoms with Crippen molar-refractivity contribution in [3.05, 3.63) is 18.0 Å². The van der Waals surface area contributed by atoms with E-state index in [4.69, 9.17) is 0 Å². The molecule has 0 aliphatic rings. The zero-order valence-corrected chi connectivity index (χ0v) is 7.18. The van der Waals surface area contributed by atoms with Gasteiger partial charge in [-0.05, 0) is 19.9 Å². The van der Waals surface area contributed by atoms with E-state index in [0.29, 0.717) is 6.04 Å². The van der Waals surface area contributed by atoms with Gasteiger partial charge in [0.25, 0.3) is 0 Å². The third-order valence-electron chi connectivity index (χ3n) is 1.40. The molecule has 0 radical (unpaired) electrons. The minimum absolute atomic E-state index is 0.442. The quantitative estimate of drug-likeness (QED) is 0.647. The Bertz CT molecular complexity index is 205. The molecule has 0 N–H and O–H groups in total. The molecule has 0 amide bonds. The largest absolute Gasteiger partial charge is 0.266 e. The van der Waals surface area contributed by atoms with E-state index in [1.165, 1.54) is 5.69 Å². The second-order valence-electron chi connectivity index (χ2n) is 2.52. The first-order chi connectivity index (χ1) is 4.75. The summed E-state index contributed by atoms with van der Waals surface area (Å²) in [5, 5.41) is 4.15. The summed E-state index contributed by atoms with van der Waals surface area (Å²) < 4.78 is 1.98. The molecular weight excluding hydrogens is 144 g/mol. The highest BCUT2D eigenvalue weighted by Crippen LogP contribution is 2.08. The molecule has 10 heavy (non-hydrogen) atoms. The Morgan fingerprint density at radius 2 is 2.40 bits per heavy atom. The summed E-state index contributed by atoms with van der Waals surface area (Å²) in [6, 6.07) is 2.43. The minimum Gasteiger partial charge on any atom is -0.266 e. The third-order valence-corrected chi connectivity index (χ3v) is 1.73. The molecule has 0 fully saturated rings. The van der Waals surface area contributed by atoms with E-state index in [1.807, 2.05) is 16.9 Å². The van der Waals surface area contributed by atoms with Gasteiger partial charge in [0.1, 0.15) is 0 Å². The first kappa shape index (κ1) is 7.66. The molecule has 0 saturated carbocycles. The number of hydrogen-bond acceptors (Lipinski definition) is 2. The van der Waals surface area contributed by atoms with Crippen molar-refractivity contribution < 1.29 is 0 Å². The van der Waals surface area contributed by atoms with Crippen LogP contribution in [0.25, 0.3) is 0 Å². The fourth-order valence-electron chi connectivity index (χ4n) is 0.932. The van der Waals surface area contributed by atoms with Crippen molar-refractivity contribution in [1.29, 1.82) is 0 Å². The Morgan fingerprint density at radius 3 is 2.80 bits per heavy atom. The van der Waals surface area contributed by atoms with Crippen LogP contribution in [0.3, 0.4) is 0 Å². The van der Waals surface area contributed by atoms with Crippen molar-refractivity contribution in [2.24, 2.45) is 0 Å². The van der Waals surface area contributed by atoms with E-state index in [0.717, 1.165) is 5.75 Å². The van der Waals surface area contributed by atoms with Gasteiger partial charge >= 0.3 is 0 Å². The lowest BCUT2D eigenvalue weighted by Crippen LogP contribution is -2.05. The summed E-state index contributed by atoms with van der Waals surface area (Å²) in [6.07, 6.45) is 1.81. The zero-order valence-electron chi connectivity index (χ0n) is 6.28. The SMILES string of the molecule is CC(C)n1nccc1CS. The second-order valence-corrected chi connectivity index (χ2v) is 2.84. The maximum absolute atomic E-state index is 4.18. The maximum Gasteiger partial charge on any atom is 0.0493 e. The number of rotatable bonds is 2. The molecule has 1 rings (SSSR count). The van der Waals surface area contributed by atoms with Crippen LogP contribution in [0.1, 0.15) is 25.6 Å². The molecule has 2 nitrogen and oxygen atoms in total. The molecular formula is C7H12N2S. The monoisotopic (exact) mass is 156 g/mol. The predicted molar refractivity (Wildman–Crippen MR) is 45.3 cm³/mol. The van der Waals surface area contributed by atoms with Crippen LogP contribution in [0.5, 0.6) is 0 Å². The summed E-state index contributed by atoms with van der Waals surface area (Å²) in [7, 11) is 0. The number of nitrogens with zero attached hydrogens (tertiary/aromatic N) is 2. The van der Waals surface area contributed by atoms with E-state index >= 15 is 0 Å². The minimum atomic E-state index is 0.442. The zero-order chi connectivity index (χ0) is 7.56. The van der Waals surface area contributed by atoms with Crippen molar-refractivity contribution in [3.8, 4) is 0 Å². The maximum atomic E-state index is 4.18. The van der Waals surface area contributed by atoms with Gasteiger partial charge < -0.3 is 0 Å². The molecule has 1 heterocycles. The van der Waals surface area contributed by atoms with Crippen molar-refractivity contribution in [2.45, 2.75) is 25.6 Å². The summed E-state index contributed by atoms with van der Waals surface area (Å²) in [4.78, 5) is 0. The number of hydrogen-bond donors (Lipinski definition) is 1. The molecule has 0 unspecified atom stereocenters. The lowest BCUT2D eigenvalue weighted by molar-refractivity contribution is 0.518. The lowest BCUT2D eigenvalue weighted by Gasteiger charge is -2.08. The smallest absolute Gasteiger partial charge is 0.0493 e. The van der Waals surface area contributed by atoms with Crippen LogP contribution in [-0.2, 0) is 5.75 Å². The van der Waals surface area contributed by atoms with E-state index in [2.05, 4.69) is 31.6 Å². The lowest BCUT2D eigenvalue weighted by atomic mass is 10.4. The summed E-state index contributed by atoms with van der Waals surface area (Å²) >= 11 is 4.18. The Labute approximate surface area is 66.7 Å². The third kappa shape index (κ3) is 1.34. The highest BCUT2D eigenvalue weighted by atomic mass is 32.1. The average Bonchev–Trinajstić information content (AvgIpc) is 2.33. The molecule has 0 atom stereocenters. The van der Waals surface area contributed by atoms with Gasteiger partial charge in [0.2, 0.25) is 0 Å². The van der Waals surface area contributed by atoms with Gasteiger partial charge in [0, 0.05) is 23.7 Å². The van der Waals surface area contributed by atoms with Crippen molar-refractivity contribution >= 4 is 12.6 Å². The summed E-state index contributed by atoms with van der Waals surface area (Å²) in [5.74, 6) is 0.762. The molecule has 1 aromatic rings. The average molecular weight is 156 g/mol. The number of thiol groups is 1. The summed E-state index contributed by atoms with van der Waals surface area (Å²) in [6.45, 7) is 4.22. The predicted octanol–water partition coefficient (Wildman–Crippen LogP) is 1.89. The van der Waals surface area contributed by atoms with Crippen LogP contribution in [0.4, 0.5) is 0 Å². The summed E-state index contributed by atoms with van der Waals surface area (Å²) in [5.41, 5.74) is 1.18. The molecule has 0 aliphatic carbocycles. The standard InChI is InChI=1S/C7H12N2S/c1-6(2)9-7(5-10)3-4-8-9/h3-4,6,10H,5H2,1-2H3. The molecule has 3 heteroatoms. The normalized spacial score (nSPS) is 10.8. The van der Waals surface area contributed by atoms with Crippen molar-refractivity contribution in [2.75, 3.05) is 0 Å². The first-order valence-electron chi connectivity index (χ1n) is 3.39. The van der Waals surface area contributed by atoms with Gasteiger partial charge in [-0.1, -0.05) is 0 Å². The molecule has 0 spiro atoms. The van der Waals surface area contributed by atoms with E-state index in [-0.39, 0.29) is 0 Å². The fraction of sp³-hybridized carbons (Fsp3) is 0.571. The van der Waals surface area contributed by atoms with E-state index in [9.17, 15) is 0 Å². The van der Waals surface area contributed by atoms with Crippen LogP contribution >= 0.6 is 12.6 Å². The topological polar surface area (TPSA) is 17.8 Å². The fourth-order valence-corrected chi connectivity index (χ4v) is 1.18. The highest BCUT2D eigenvalue weighted by molar-refractivity contribution is 7.79. The van der Waals surface area contributed by atoms with E-state index < -0.39 is 0 Å². The van der Waals surface area contributed by atoms with Crippen LogP contribution in [0, 0.1) is 0 Å². The van der Waals surface area contributed by atoms with Gasteiger partial charge in [0.15, 0.2) is 0 Å². The Kier molecular flexibility index (Phi) is 2.38. The molecule has 0 bridgehead atoms. The van der Waals surface area contributed by atoms with Crippen LogP contribution in [-0.4, -0.2) is 9.78 Å². The Morgan fingerprint density at radius 1 is 1.70 bits per heavy atom. The molecule has 0 aromatic carbocycles. The van der Waals surface area contributed by atoms with Gasteiger partial charge in [-0.2, -0.15) is 17.7 Å².